The van der Waals surface area contributed by atoms with Crippen LogP contribution in [0, 0.1) is 32.8 Å². The summed E-state index contributed by atoms with van der Waals surface area (Å²) in [5.74, 6) is 0.131. The third-order valence-electron chi connectivity index (χ3n) is 3.50. The van der Waals surface area contributed by atoms with Gasteiger partial charge in [-0.1, -0.05) is 12.8 Å². The summed E-state index contributed by atoms with van der Waals surface area (Å²) in [5, 5.41) is 32.2. The van der Waals surface area contributed by atoms with Crippen molar-refractivity contribution in [1.82, 2.24) is 9.97 Å². The molecule has 1 aliphatic carbocycles. The number of nitrogens with zero attached hydrogens (tertiary/aromatic N) is 6. The van der Waals surface area contributed by atoms with E-state index in [0.29, 0.717) is 0 Å². The van der Waals surface area contributed by atoms with E-state index in [1.54, 1.807) is 0 Å². The van der Waals surface area contributed by atoms with Gasteiger partial charge in [-0.15, -0.1) is 0 Å². The Hall–Kier alpha value is -2.94. The van der Waals surface area contributed by atoms with Crippen molar-refractivity contribution in [1.29, 1.82) is 10.5 Å². The van der Waals surface area contributed by atoms with Crippen molar-refractivity contribution in [2.75, 3.05) is 23.3 Å². The molecule has 0 unspecified atom stereocenters. The molecule has 1 heterocycles. The second kappa shape index (κ2) is 7.18. The predicted molar refractivity (Wildman–Crippen MR) is 78.0 cm³/mol. The van der Waals surface area contributed by atoms with Crippen LogP contribution in [0.5, 0.6) is 0 Å². The first-order chi connectivity index (χ1) is 10.7. The molecule has 0 amide bonds. The van der Waals surface area contributed by atoms with Gasteiger partial charge in [0.25, 0.3) is 0 Å². The Balaban J connectivity index is 2.38. The van der Waals surface area contributed by atoms with E-state index in [0.717, 1.165) is 25.7 Å². The van der Waals surface area contributed by atoms with Crippen LogP contribution in [-0.4, -0.2) is 34.0 Å². The fraction of sp³-hybridized carbons (Fsp3) is 0.538. The number of aromatic nitrogens is 2. The number of rotatable bonds is 6. The number of hydrogen-bond acceptors (Lipinski definition) is 8. The van der Waals surface area contributed by atoms with E-state index < -0.39 is 4.92 Å². The number of nitro groups is 1. The van der Waals surface area contributed by atoms with Crippen LogP contribution in [0.15, 0.2) is 6.33 Å². The lowest BCUT2D eigenvalue weighted by atomic mass is 10.2. The summed E-state index contributed by atoms with van der Waals surface area (Å²) >= 11 is 0. The van der Waals surface area contributed by atoms with Gasteiger partial charge in [0, 0.05) is 6.04 Å². The lowest BCUT2D eigenvalue weighted by Gasteiger charge is -2.19. The molecule has 9 heteroatoms. The molecule has 0 saturated heterocycles. The van der Waals surface area contributed by atoms with Crippen molar-refractivity contribution in [3.63, 3.8) is 0 Å². The molecular weight excluding hydrogens is 286 g/mol. The van der Waals surface area contributed by atoms with Crippen molar-refractivity contribution >= 4 is 17.3 Å². The second-order valence-corrected chi connectivity index (χ2v) is 4.95. The quantitative estimate of drug-likeness (QED) is 0.476. The van der Waals surface area contributed by atoms with Gasteiger partial charge < -0.3 is 10.2 Å². The van der Waals surface area contributed by atoms with E-state index in [9.17, 15) is 10.1 Å². The highest BCUT2D eigenvalue weighted by Gasteiger charge is 2.28. The van der Waals surface area contributed by atoms with Crippen LogP contribution in [0.2, 0.25) is 0 Å². The molecule has 1 N–H and O–H groups in total. The molecule has 0 bridgehead atoms. The molecule has 1 fully saturated rings. The summed E-state index contributed by atoms with van der Waals surface area (Å²) in [7, 11) is 0. The zero-order valence-corrected chi connectivity index (χ0v) is 11.9. The maximum Gasteiger partial charge on any atom is 0.353 e. The van der Waals surface area contributed by atoms with Gasteiger partial charge in [0.1, 0.15) is 19.4 Å². The van der Waals surface area contributed by atoms with E-state index in [1.165, 1.54) is 11.2 Å². The Labute approximate surface area is 127 Å². The van der Waals surface area contributed by atoms with Crippen molar-refractivity contribution in [2.45, 2.75) is 31.7 Å². The Kier molecular flexibility index (Phi) is 5.04. The van der Waals surface area contributed by atoms with Gasteiger partial charge in [-0.2, -0.15) is 10.5 Å². The minimum atomic E-state index is -0.575. The molecule has 22 heavy (non-hydrogen) atoms. The van der Waals surface area contributed by atoms with Gasteiger partial charge in [0.05, 0.1) is 17.1 Å². The lowest BCUT2D eigenvalue weighted by molar-refractivity contribution is -0.383. The molecule has 0 aliphatic heterocycles. The van der Waals surface area contributed by atoms with Gasteiger partial charge in [-0.25, -0.2) is 9.97 Å². The maximum atomic E-state index is 11.4. The van der Waals surface area contributed by atoms with Crippen molar-refractivity contribution < 1.29 is 4.92 Å². The SMILES string of the molecule is N#CCN(CC#N)c1ncnc(NC2CCCC2)c1[N+](=O)[O-]. The molecule has 1 aromatic heterocycles. The molecule has 2 rings (SSSR count). The van der Waals surface area contributed by atoms with Gasteiger partial charge in [-0.3, -0.25) is 10.1 Å². The van der Waals surface area contributed by atoms with Gasteiger partial charge in [0.15, 0.2) is 0 Å². The molecular formula is C13H15N7O2. The first-order valence-corrected chi connectivity index (χ1v) is 6.92. The highest BCUT2D eigenvalue weighted by molar-refractivity contribution is 5.71. The Bertz CT molecular complexity index is 612. The molecule has 0 aromatic carbocycles. The molecule has 114 valence electrons. The fourth-order valence-electron chi connectivity index (χ4n) is 2.51. The Morgan fingerprint density at radius 3 is 2.50 bits per heavy atom. The number of nitriles is 2. The highest BCUT2D eigenvalue weighted by atomic mass is 16.6. The number of nitrogens with one attached hydrogen (secondary N) is 1. The first-order valence-electron chi connectivity index (χ1n) is 6.92. The monoisotopic (exact) mass is 301 g/mol. The normalized spacial score (nSPS) is 14.1. The molecule has 0 radical (unpaired) electrons. The van der Waals surface area contributed by atoms with E-state index in [-0.39, 0.29) is 36.5 Å². The zero-order valence-electron chi connectivity index (χ0n) is 11.9. The average molecular weight is 301 g/mol. The van der Waals surface area contributed by atoms with Crippen LogP contribution < -0.4 is 10.2 Å². The third kappa shape index (κ3) is 3.38. The topological polar surface area (TPSA) is 132 Å². The second-order valence-electron chi connectivity index (χ2n) is 4.95. The standard InChI is InChI=1S/C13H15N7O2/c14-5-7-19(8-6-15)13-11(20(21)22)12(16-9-17-13)18-10-3-1-2-4-10/h9-10H,1-4,7-8H2,(H,16,17,18). The Morgan fingerprint density at radius 1 is 1.32 bits per heavy atom. The van der Waals surface area contributed by atoms with Gasteiger partial charge in [-0.05, 0) is 12.8 Å². The van der Waals surface area contributed by atoms with E-state index in [1.807, 2.05) is 12.1 Å². The average Bonchev–Trinajstić information content (AvgIpc) is 2.99. The van der Waals surface area contributed by atoms with Crippen LogP contribution in [0.25, 0.3) is 0 Å². The third-order valence-corrected chi connectivity index (χ3v) is 3.50. The minimum absolute atomic E-state index is 0.0106. The van der Waals surface area contributed by atoms with Crippen molar-refractivity contribution in [3.8, 4) is 12.1 Å². The van der Waals surface area contributed by atoms with E-state index in [4.69, 9.17) is 10.5 Å². The largest absolute Gasteiger partial charge is 0.361 e. The van der Waals surface area contributed by atoms with Crippen LogP contribution >= 0.6 is 0 Å². The van der Waals surface area contributed by atoms with Gasteiger partial charge in [0.2, 0.25) is 11.6 Å². The van der Waals surface area contributed by atoms with Gasteiger partial charge >= 0.3 is 5.69 Å². The summed E-state index contributed by atoms with van der Waals surface area (Å²) in [6, 6.07) is 3.92. The number of hydrogen-bond donors (Lipinski definition) is 1. The van der Waals surface area contributed by atoms with E-state index in [2.05, 4.69) is 15.3 Å². The summed E-state index contributed by atoms with van der Waals surface area (Å²) in [6.45, 7) is -0.317. The molecule has 0 atom stereocenters. The predicted octanol–water partition coefficient (Wildman–Crippen LogP) is 1.59. The van der Waals surface area contributed by atoms with E-state index >= 15 is 0 Å². The summed E-state index contributed by atoms with van der Waals surface area (Å²) in [5.41, 5.74) is -0.292. The van der Waals surface area contributed by atoms with Crippen LogP contribution in [0.3, 0.4) is 0 Å². The summed E-state index contributed by atoms with van der Waals surface area (Å²) in [4.78, 5) is 20.0. The van der Waals surface area contributed by atoms with Crippen LogP contribution in [0.4, 0.5) is 17.3 Å². The highest BCUT2D eigenvalue weighted by Crippen LogP contribution is 2.33. The molecule has 1 aromatic rings. The minimum Gasteiger partial charge on any atom is -0.361 e. The first kappa shape index (κ1) is 15.4. The summed E-state index contributed by atoms with van der Waals surface area (Å²) in [6.07, 6.45) is 5.26. The summed E-state index contributed by atoms with van der Waals surface area (Å²) < 4.78 is 0. The fourth-order valence-corrected chi connectivity index (χ4v) is 2.51. The maximum absolute atomic E-state index is 11.4. The van der Waals surface area contributed by atoms with Crippen molar-refractivity contribution in [3.05, 3.63) is 16.4 Å². The molecule has 0 spiro atoms. The lowest BCUT2D eigenvalue weighted by Crippen LogP contribution is -2.27. The van der Waals surface area contributed by atoms with Crippen LogP contribution in [0.1, 0.15) is 25.7 Å². The zero-order chi connectivity index (χ0) is 15.9. The Morgan fingerprint density at radius 2 is 1.95 bits per heavy atom. The molecule has 1 saturated carbocycles. The van der Waals surface area contributed by atoms with Crippen LogP contribution in [-0.2, 0) is 0 Å². The number of anilines is 2. The molecule has 1 aliphatic rings. The molecule has 9 nitrogen and oxygen atoms in total. The smallest absolute Gasteiger partial charge is 0.353 e. The van der Waals surface area contributed by atoms with Crippen molar-refractivity contribution in [2.24, 2.45) is 0 Å².